The average molecular weight is 510 g/mol. The van der Waals surface area contributed by atoms with Gasteiger partial charge >= 0.3 is 5.97 Å². The molecule has 0 saturated carbocycles. The molecule has 1 fully saturated rings. The van der Waals surface area contributed by atoms with E-state index in [1.54, 1.807) is 19.4 Å². The molecule has 3 aromatic rings. The Bertz CT molecular complexity index is 1160. The summed E-state index contributed by atoms with van der Waals surface area (Å²) in [7, 11) is 3.66. The van der Waals surface area contributed by atoms with E-state index in [2.05, 4.69) is 32.9 Å². The van der Waals surface area contributed by atoms with Crippen LogP contribution in [0.25, 0.3) is 10.9 Å². The number of pyridine rings is 1. The second-order valence-electron chi connectivity index (χ2n) is 10.5. The topological polar surface area (TPSA) is 67.6 Å². The van der Waals surface area contributed by atoms with Crippen LogP contribution in [0.5, 0.6) is 5.75 Å². The minimum Gasteiger partial charge on any atom is -0.497 e. The van der Waals surface area contributed by atoms with Crippen LogP contribution in [0.3, 0.4) is 0 Å². The number of rotatable bonds is 13. The number of fused-ring (bicyclic) bond motifs is 1. The van der Waals surface area contributed by atoms with Crippen LogP contribution in [0, 0.1) is 11.8 Å². The third-order valence-corrected chi connectivity index (χ3v) is 7.90. The quantitative estimate of drug-likeness (QED) is 0.278. The number of aliphatic carboxylic acids is 1. The Morgan fingerprint density at radius 3 is 2.84 bits per heavy atom. The number of likely N-dealkylation sites (tertiary alicyclic amines) is 1. The predicted molar refractivity (Wildman–Crippen MR) is 145 cm³/mol. The lowest BCUT2D eigenvalue weighted by Gasteiger charge is -2.39. The van der Waals surface area contributed by atoms with Gasteiger partial charge in [0.05, 0.1) is 12.6 Å². The number of piperidine rings is 1. The molecule has 0 aliphatic carbocycles. The number of halogens is 1. The summed E-state index contributed by atoms with van der Waals surface area (Å²) >= 11 is 0. The fourth-order valence-electron chi connectivity index (χ4n) is 5.81. The number of carboxylic acid groups (broad SMARTS) is 1. The van der Waals surface area contributed by atoms with Crippen molar-refractivity contribution in [2.45, 2.75) is 57.5 Å². The van der Waals surface area contributed by atoms with Crippen LogP contribution in [0.15, 0.2) is 48.9 Å². The van der Waals surface area contributed by atoms with E-state index in [9.17, 15) is 9.90 Å². The van der Waals surface area contributed by atoms with E-state index in [4.69, 9.17) is 4.74 Å². The minimum atomic E-state index is -1.09. The largest absolute Gasteiger partial charge is 0.497 e. The molecule has 1 N–H and O–H groups in total. The SMILES string of the molecule is COc1ccc2nccc([C@H](F)CC[C@@H]3CCN(CCCCc4ccn(C)c4)C[C@H]3CCC(=O)O)c2c1. The summed E-state index contributed by atoms with van der Waals surface area (Å²) in [4.78, 5) is 18.2. The zero-order chi connectivity index (χ0) is 26.2. The van der Waals surface area contributed by atoms with Gasteiger partial charge in [0.2, 0.25) is 0 Å². The molecule has 3 heterocycles. The normalized spacial score (nSPS) is 19.2. The van der Waals surface area contributed by atoms with Gasteiger partial charge in [-0.15, -0.1) is 0 Å². The van der Waals surface area contributed by atoms with Crippen LogP contribution in [0.2, 0.25) is 0 Å². The van der Waals surface area contributed by atoms with E-state index in [1.807, 2.05) is 25.2 Å². The number of unbranched alkanes of at least 4 members (excludes halogenated alkanes) is 1. The molecule has 1 aliphatic rings. The monoisotopic (exact) mass is 509 g/mol. The van der Waals surface area contributed by atoms with E-state index in [0.29, 0.717) is 36.0 Å². The average Bonchev–Trinajstić information content (AvgIpc) is 3.33. The van der Waals surface area contributed by atoms with Crippen molar-refractivity contribution in [3.05, 3.63) is 60.0 Å². The molecule has 1 saturated heterocycles. The maximum atomic E-state index is 15.5. The molecule has 6 nitrogen and oxygen atoms in total. The van der Waals surface area contributed by atoms with Gasteiger partial charge in [0.1, 0.15) is 11.9 Å². The summed E-state index contributed by atoms with van der Waals surface area (Å²) in [6.45, 7) is 2.96. The van der Waals surface area contributed by atoms with E-state index < -0.39 is 12.1 Å². The number of aryl methyl sites for hydroxylation is 2. The van der Waals surface area contributed by atoms with Crippen LogP contribution in [-0.4, -0.2) is 52.3 Å². The van der Waals surface area contributed by atoms with Crippen molar-refractivity contribution in [2.75, 3.05) is 26.7 Å². The fraction of sp³-hybridized carbons (Fsp3) is 0.533. The van der Waals surface area contributed by atoms with Crippen molar-refractivity contribution in [1.82, 2.24) is 14.5 Å². The van der Waals surface area contributed by atoms with Crippen molar-refractivity contribution in [3.63, 3.8) is 0 Å². The molecular formula is C30H40FN3O3. The van der Waals surface area contributed by atoms with Gasteiger partial charge in [-0.05, 0) is 111 Å². The molecule has 0 radical (unpaired) electrons. The lowest BCUT2D eigenvalue weighted by Crippen LogP contribution is -2.41. The Morgan fingerprint density at radius 1 is 1.22 bits per heavy atom. The summed E-state index contributed by atoms with van der Waals surface area (Å²) in [6, 6.07) is 9.51. The van der Waals surface area contributed by atoms with Crippen LogP contribution < -0.4 is 4.74 Å². The van der Waals surface area contributed by atoms with Gasteiger partial charge in [-0.1, -0.05) is 0 Å². The molecule has 3 atom stereocenters. The number of aromatic nitrogens is 2. The van der Waals surface area contributed by atoms with Gasteiger partial charge in [-0.2, -0.15) is 0 Å². The zero-order valence-electron chi connectivity index (χ0n) is 22.1. The molecule has 7 heteroatoms. The van der Waals surface area contributed by atoms with Crippen molar-refractivity contribution < 1.29 is 19.0 Å². The van der Waals surface area contributed by atoms with Gasteiger partial charge in [0.15, 0.2) is 0 Å². The second kappa shape index (κ2) is 13.0. The first-order valence-electron chi connectivity index (χ1n) is 13.5. The smallest absolute Gasteiger partial charge is 0.303 e. The molecule has 2 aromatic heterocycles. The summed E-state index contributed by atoms with van der Waals surface area (Å²) in [5.74, 6) is 0.583. The molecule has 0 bridgehead atoms. The Labute approximate surface area is 219 Å². The van der Waals surface area contributed by atoms with Crippen LogP contribution >= 0.6 is 0 Å². The number of carbonyl (C=O) groups is 1. The zero-order valence-corrected chi connectivity index (χ0v) is 22.1. The highest BCUT2D eigenvalue weighted by atomic mass is 19.1. The Balaban J connectivity index is 1.32. The molecule has 0 amide bonds. The molecule has 1 aliphatic heterocycles. The lowest BCUT2D eigenvalue weighted by atomic mass is 9.79. The molecule has 0 unspecified atom stereocenters. The summed E-state index contributed by atoms with van der Waals surface area (Å²) in [5.41, 5.74) is 2.80. The standard InChI is InChI=1S/C30H40FN3O3/c1-33-17-13-22(20-33)5-3-4-16-34-18-14-23(24(21-34)7-11-30(35)36)6-9-28(31)26-12-15-32-29-10-8-25(37-2)19-27(26)29/h8,10,12-13,15,17,19-20,23-24,28H,3-7,9,11,14,16,18,21H2,1-2H3,(H,35,36)/t23-,24-,28-/m1/s1. The Morgan fingerprint density at radius 2 is 2.08 bits per heavy atom. The number of ether oxygens (including phenoxy) is 1. The number of alkyl halides is 1. The van der Waals surface area contributed by atoms with Crippen LogP contribution in [0.4, 0.5) is 4.39 Å². The Hall–Kier alpha value is -2.93. The fourth-order valence-corrected chi connectivity index (χ4v) is 5.81. The first-order chi connectivity index (χ1) is 17.9. The number of hydrogen-bond donors (Lipinski definition) is 1. The van der Waals surface area contributed by atoms with Crippen molar-refractivity contribution in [1.29, 1.82) is 0 Å². The molecule has 37 heavy (non-hydrogen) atoms. The van der Waals surface area contributed by atoms with Gasteiger partial charge in [0.25, 0.3) is 0 Å². The van der Waals surface area contributed by atoms with E-state index in [-0.39, 0.29) is 6.42 Å². The number of benzene rings is 1. The van der Waals surface area contributed by atoms with Crippen LogP contribution in [0.1, 0.15) is 62.2 Å². The first-order valence-corrected chi connectivity index (χ1v) is 13.5. The highest BCUT2D eigenvalue weighted by Gasteiger charge is 2.30. The van der Waals surface area contributed by atoms with Crippen molar-refractivity contribution in [2.24, 2.45) is 18.9 Å². The van der Waals surface area contributed by atoms with Crippen molar-refractivity contribution >= 4 is 16.9 Å². The maximum absolute atomic E-state index is 15.5. The van der Waals surface area contributed by atoms with E-state index in [1.165, 1.54) is 5.56 Å². The van der Waals surface area contributed by atoms with E-state index in [0.717, 1.165) is 62.6 Å². The summed E-state index contributed by atoms with van der Waals surface area (Å²) < 4.78 is 23.0. The highest BCUT2D eigenvalue weighted by Crippen LogP contribution is 2.36. The number of methoxy groups -OCH3 is 1. The van der Waals surface area contributed by atoms with Gasteiger partial charge < -0.3 is 19.3 Å². The number of nitrogens with zero attached hydrogens (tertiary/aromatic N) is 3. The number of hydrogen-bond acceptors (Lipinski definition) is 4. The summed E-state index contributed by atoms with van der Waals surface area (Å²) in [5, 5.41) is 10.1. The number of carboxylic acids is 1. The van der Waals surface area contributed by atoms with Gasteiger partial charge in [-0.25, -0.2) is 4.39 Å². The molecule has 4 rings (SSSR count). The highest BCUT2D eigenvalue weighted by molar-refractivity contribution is 5.83. The molecule has 1 aromatic carbocycles. The van der Waals surface area contributed by atoms with Gasteiger partial charge in [-0.3, -0.25) is 9.78 Å². The maximum Gasteiger partial charge on any atom is 0.303 e. The summed E-state index contributed by atoms with van der Waals surface area (Å²) in [6.07, 6.45) is 11.3. The van der Waals surface area contributed by atoms with E-state index >= 15 is 4.39 Å². The third-order valence-electron chi connectivity index (χ3n) is 7.90. The molecule has 200 valence electrons. The Kier molecular flexibility index (Phi) is 9.56. The van der Waals surface area contributed by atoms with Crippen LogP contribution in [-0.2, 0) is 18.3 Å². The molecule has 0 spiro atoms. The lowest BCUT2D eigenvalue weighted by molar-refractivity contribution is -0.137. The van der Waals surface area contributed by atoms with Gasteiger partial charge in [0, 0.05) is 44.0 Å². The van der Waals surface area contributed by atoms with Crippen molar-refractivity contribution in [3.8, 4) is 5.75 Å². The second-order valence-corrected chi connectivity index (χ2v) is 10.5. The first kappa shape index (κ1) is 27.1. The third kappa shape index (κ3) is 7.54. The minimum absolute atomic E-state index is 0.177. The molecular weight excluding hydrogens is 469 g/mol. The predicted octanol–water partition coefficient (Wildman–Crippen LogP) is 6.20.